The first-order valence-electron chi connectivity index (χ1n) is 6.58. The normalized spacial score (nSPS) is 31.7. The summed E-state index contributed by atoms with van der Waals surface area (Å²) in [6.45, 7) is 5.89. The highest BCUT2D eigenvalue weighted by atomic mass is 16.4. The predicted octanol–water partition coefficient (Wildman–Crippen LogP) is 3.11. The number of carbonyl (C=O) groups is 2. The minimum absolute atomic E-state index is 0.00127. The second-order valence-electron chi connectivity index (χ2n) is 5.81. The van der Waals surface area contributed by atoms with Crippen molar-refractivity contribution in [1.82, 2.24) is 0 Å². The third kappa shape index (κ3) is 2.14. The maximum absolute atomic E-state index is 11.2. The summed E-state index contributed by atoms with van der Waals surface area (Å²) in [5.41, 5.74) is 2.51. The molecule has 0 bridgehead atoms. The number of fused-ring (bicyclic) bond motifs is 1. The summed E-state index contributed by atoms with van der Waals surface area (Å²) < 4.78 is 0. The number of aldehydes is 1. The maximum Gasteiger partial charge on any atom is 0.331 e. The van der Waals surface area contributed by atoms with Crippen molar-refractivity contribution in [1.29, 1.82) is 0 Å². The molecular weight excluding hydrogens is 228 g/mol. The van der Waals surface area contributed by atoms with Crippen LogP contribution in [-0.4, -0.2) is 17.4 Å². The number of rotatable bonds is 3. The lowest BCUT2D eigenvalue weighted by Gasteiger charge is -2.43. The van der Waals surface area contributed by atoms with Gasteiger partial charge >= 0.3 is 5.97 Å². The molecule has 18 heavy (non-hydrogen) atoms. The van der Waals surface area contributed by atoms with E-state index in [0.29, 0.717) is 12.0 Å². The van der Waals surface area contributed by atoms with Gasteiger partial charge in [0.15, 0.2) is 0 Å². The molecular formula is C15H20O3. The molecule has 0 aromatic heterocycles. The van der Waals surface area contributed by atoms with Gasteiger partial charge in [0.25, 0.3) is 0 Å². The molecule has 0 saturated heterocycles. The standard InChI is InChI=1S/C15H20O3/c1-10(14(17)18)11-5-7-15(2)6-3-4-12(9-16)13(15)8-11/h9,11H,1,3-8H2,2H3,(H,17,18). The smallest absolute Gasteiger partial charge is 0.331 e. The second kappa shape index (κ2) is 4.71. The van der Waals surface area contributed by atoms with Crippen molar-refractivity contribution < 1.29 is 14.7 Å². The average Bonchev–Trinajstić information content (AvgIpc) is 2.35. The van der Waals surface area contributed by atoms with E-state index in [1.807, 2.05) is 0 Å². The molecule has 2 atom stereocenters. The van der Waals surface area contributed by atoms with E-state index in [2.05, 4.69) is 13.5 Å². The highest BCUT2D eigenvalue weighted by molar-refractivity contribution is 5.86. The Morgan fingerprint density at radius 1 is 1.50 bits per heavy atom. The SMILES string of the molecule is C=C(C(=O)O)C1CCC2(C)CCCC(C=O)=C2C1. The van der Waals surface area contributed by atoms with Gasteiger partial charge in [-0.25, -0.2) is 4.79 Å². The Bertz CT molecular complexity index is 433. The number of allylic oxidation sites excluding steroid dienone is 2. The molecule has 1 N–H and O–H groups in total. The van der Waals surface area contributed by atoms with Gasteiger partial charge in [-0.1, -0.05) is 19.1 Å². The zero-order valence-corrected chi connectivity index (χ0v) is 10.9. The Hall–Kier alpha value is -1.38. The molecule has 2 unspecified atom stereocenters. The number of aliphatic carboxylic acids is 1. The van der Waals surface area contributed by atoms with Crippen molar-refractivity contribution >= 4 is 12.3 Å². The lowest BCUT2D eigenvalue weighted by molar-refractivity contribution is -0.133. The first-order valence-corrected chi connectivity index (χ1v) is 6.58. The molecule has 2 rings (SSSR count). The highest BCUT2D eigenvalue weighted by Gasteiger charge is 2.40. The fourth-order valence-electron chi connectivity index (χ4n) is 3.46. The van der Waals surface area contributed by atoms with Crippen molar-refractivity contribution in [3.05, 3.63) is 23.3 Å². The van der Waals surface area contributed by atoms with E-state index in [1.165, 1.54) is 5.57 Å². The molecule has 0 aliphatic heterocycles. The highest BCUT2D eigenvalue weighted by Crippen LogP contribution is 2.51. The van der Waals surface area contributed by atoms with E-state index < -0.39 is 5.97 Å². The van der Waals surface area contributed by atoms with E-state index >= 15 is 0 Å². The lowest BCUT2D eigenvalue weighted by atomic mass is 9.61. The Kier molecular flexibility index (Phi) is 3.42. The quantitative estimate of drug-likeness (QED) is 0.616. The van der Waals surface area contributed by atoms with Crippen molar-refractivity contribution in [2.75, 3.05) is 0 Å². The van der Waals surface area contributed by atoms with Crippen molar-refractivity contribution in [2.24, 2.45) is 11.3 Å². The fourth-order valence-corrected chi connectivity index (χ4v) is 3.46. The summed E-state index contributed by atoms with van der Waals surface area (Å²) in [7, 11) is 0. The van der Waals surface area contributed by atoms with Crippen LogP contribution in [0.2, 0.25) is 0 Å². The van der Waals surface area contributed by atoms with Gasteiger partial charge < -0.3 is 5.11 Å². The first kappa shape index (κ1) is 13.1. The minimum Gasteiger partial charge on any atom is -0.478 e. The minimum atomic E-state index is -0.910. The maximum atomic E-state index is 11.2. The second-order valence-corrected chi connectivity index (χ2v) is 5.81. The summed E-state index contributed by atoms with van der Waals surface area (Å²) in [6, 6.07) is 0. The summed E-state index contributed by atoms with van der Waals surface area (Å²) in [6.07, 6.45) is 6.55. The third-order valence-electron chi connectivity index (χ3n) is 4.70. The van der Waals surface area contributed by atoms with E-state index in [9.17, 15) is 9.59 Å². The molecule has 0 radical (unpaired) electrons. The van der Waals surface area contributed by atoms with Crippen LogP contribution >= 0.6 is 0 Å². The zero-order valence-electron chi connectivity index (χ0n) is 10.9. The van der Waals surface area contributed by atoms with Crippen LogP contribution < -0.4 is 0 Å². The van der Waals surface area contributed by atoms with Crippen molar-refractivity contribution in [3.63, 3.8) is 0 Å². The van der Waals surface area contributed by atoms with Crippen LogP contribution in [0.1, 0.15) is 45.4 Å². The van der Waals surface area contributed by atoms with E-state index in [-0.39, 0.29) is 11.3 Å². The molecule has 98 valence electrons. The zero-order chi connectivity index (χ0) is 13.3. The van der Waals surface area contributed by atoms with E-state index in [1.54, 1.807) is 0 Å². The van der Waals surface area contributed by atoms with Gasteiger partial charge in [-0.3, -0.25) is 4.79 Å². The summed E-state index contributed by atoms with van der Waals surface area (Å²) >= 11 is 0. The lowest BCUT2D eigenvalue weighted by Crippen LogP contribution is -2.32. The number of carboxylic acid groups (broad SMARTS) is 1. The molecule has 0 amide bonds. The van der Waals surface area contributed by atoms with Gasteiger partial charge in [0, 0.05) is 5.57 Å². The van der Waals surface area contributed by atoms with Crippen LogP contribution in [-0.2, 0) is 9.59 Å². The summed E-state index contributed by atoms with van der Waals surface area (Å²) in [4.78, 5) is 22.2. The van der Waals surface area contributed by atoms with E-state index in [4.69, 9.17) is 5.11 Å². The van der Waals surface area contributed by atoms with Crippen LogP contribution in [0.5, 0.6) is 0 Å². The molecule has 2 aliphatic rings. The van der Waals surface area contributed by atoms with Crippen molar-refractivity contribution in [2.45, 2.75) is 45.4 Å². The molecule has 3 heteroatoms. The largest absolute Gasteiger partial charge is 0.478 e. The van der Waals surface area contributed by atoms with Crippen LogP contribution in [0.15, 0.2) is 23.3 Å². The molecule has 1 fully saturated rings. The van der Waals surface area contributed by atoms with Gasteiger partial charge in [0.1, 0.15) is 6.29 Å². The molecule has 0 aromatic carbocycles. The molecule has 0 heterocycles. The Morgan fingerprint density at radius 2 is 2.22 bits per heavy atom. The van der Waals surface area contributed by atoms with Crippen LogP contribution in [0.3, 0.4) is 0 Å². The fraction of sp³-hybridized carbons (Fsp3) is 0.600. The number of hydrogen-bond donors (Lipinski definition) is 1. The van der Waals surface area contributed by atoms with E-state index in [0.717, 1.165) is 44.0 Å². The molecule has 1 saturated carbocycles. The average molecular weight is 248 g/mol. The van der Waals surface area contributed by atoms with Crippen LogP contribution in [0, 0.1) is 11.3 Å². The number of carboxylic acids is 1. The first-order chi connectivity index (χ1) is 8.48. The Morgan fingerprint density at radius 3 is 2.83 bits per heavy atom. The van der Waals surface area contributed by atoms with Crippen molar-refractivity contribution in [3.8, 4) is 0 Å². The molecule has 0 aromatic rings. The predicted molar refractivity (Wildman–Crippen MR) is 69.2 cm³/mol. The van der Waals surface area contributed by atoms with Gasteiger partial charge in [-0.2, -0.15) is 0 Å². The van der Waals surface area contributed by atoms with Gasteiger partial charge in [0.2, 0.25) is 0 Å². The third-order valence-corrected chi connectivity index (χ3v) is 4.70. The topological polar surface area (TPSA) is 54.4 Å². The van der Waals surface area contributed by atoms with Gasteiger partial charge in [0.05, 0.1) is 0 Å². The van der Waals surface area contributed by atoms with Crippen LogP contribution in [0.4, 0.5) is 0 Å². The number of hydrogen-bond acceptors (Lipinski definition) is 2. The monoisotopic (exact) mass is 248 g/mol. The summed E-state index contributed by atoms with van der Waals surface area (Å²) in [5.74, 6) is -0.911. The van der Waals surface area contributed by atoms with Gasteiger partial charge in [-0.05, 0) is 55.4 Å². The molecule has 0 spiro atoms. The molecule has 3 nitrogen and oxygen atoms in total. The number of carbonyl (C=O) groups excluding carboxylic acids is 1. The molecule has 2 aliphatic carbocycles. The Balaban J connectivity index is 2.29. The summed E-state index contributed by atoms with van der Waals surface area (Å²) in [5, 5.41) is 9.03. The van der Waals surface area contributed by atoms with Gasteiger partial charge in [-0.15, -0.1) is 0 Å². The Labute approximate surface area is 108 Å². The van der Waals surface area contributed by atoms with Crippen LogP contribution in [0.25, 0.3) is 0 Å².